The predicted octanol–water partition coefficient (Wildman–Crippen LogP) is 3.01. The van der Waals surface area contributed by atoms with E-state index in [0.717, 1.165) is 29.7 Å². The highest BCUT2D eigenvalue weighted by Gasteiger charge is 2.30. The molecule has 1 aliphatic carbocycles. The van der Waals surface area contributed by atoms with E-state index < -0.39 is 0 Å². The van der Waals surface area contributed by atoms with Crippen molar-refractivity contribution in [1.82, 2.24) is 15.1 Å². The molecule has 0 bridgehead atoms. The summed E-state index contributed by atoms with van der Waals surface area (Å²) in [6.07, 6.45) is 5.27. The molecule has 0 aliphatic heterocycles. The maximum absolute atomic E-state index is 12.7. The van der Waals surface area contributed by atoms with Gasteiger partial charge in [0.05, 0.1) is 19.3 Å². The summed E-state index contributed by atoms with van der Waals surface area (Å²) in [5, 5.41) is 7.37. The fourth-order valence-electron chi connectivity index (χ4n) is 3.14. The van der Waals surface area contributed by atoms with Crippen molar-refractivity contribution in [3.8, 4) is 5.75 Å². The van der Waals surface area contributed by atoms with Crippen LogP contribution in [0.5, 0.6) is 5.75 Å². The van der Waals surface area contributed by atoms with E-state index in [1.165, 1.54) is 6.42 Å². The number of hydrogen-bond acceptors (Lipinski definition) is 3. The summed E-state index contributed by atoms with van der Waals surface area (Å²) in [6, 6.07) is 8.01. The van der Waals surface area contributed by atoms with E-state index in [0.29, 0.717) is 11.6 Å². The van der Waals surface area contributed by atoms with Gasteiger partial charge in [-0.1, -0.05) is 18.6 Å². The third kappa shape index (κ3) is 3.09. The van der Waals surface area contributed by atoms with E-state index in [1.807, 2.05) is 31.2 Å². The summed E-state index contributed by atoms with van der Waals surface area (Å²) in [6.45, 7) is 1.91. The first-order valence-electron chi connectivity index (χ1n) is 8.03. The Labute approximate surface area is 136 Å². The molecule has 1 unspecified atom stereocenters. The second-order valence-electron chi connectivity index (χ2n) is 6.22. The van der Waals surface area contributed by atoms with Crippen LogP contribution in [0.2, 0.25) is 0 Å². The number of aryl methyl sites for hydroxylation is 2. The number of carbonyl (C=O) groups excluding carboxylic acids is 1. The van der Waals surface area contributed by atoms with Crippen molar-refractivity contribution in [3.05, 3.63) is 47.3 Å². The maximum Gasteiger partial charge on any atom is 0.270 e. The molecule has 0 saturated heterocycles. The minimum atomic E-state index is -0.0600. The molecule has 1 heterocycles. The van der Waals surface area contributed by atoms with Crippen molar-refractivity contribution < 1.29 is 9.53 Å². The van der Waals surface area contributed by atoms with E-state index >= 15 is 0 Å². The van der Waals surface area contributed by atoms with Crippen LogP contribution in [-0.4, -0.2) is 22.8 Å². The van der Waals surface area contributed by atoms with Crippen LogP contribution in [0.1, 0.15) is 46.9 Å². The zero-order valence-electron chi connectivity index (χ0n) is 13.9. The number of aromatic nitrogens is 2. The van der Waals surface area contributed by atoms with Crippen molar-refractivity contribution >= 4 is 5.91 Å². The average molecular weight is 313 g/mol. The molecular formula is C18H23N3O2. The van der Waals surface area contributed by atoms with Crippen molar-refractivity contribution in [2.75, 3.05) is 7.11 Å². The van der Waals surface area contributed by atoms with Crippen LogP contribution >= 0.6 is 0 Å². The lowest BCUT2D eigenvalue weighted by molar-refractivity contribution is 0.0890. The topological polar surface area (TPSA) is 56.1 Å². The van der Waals surface area contributed by atoms with Crippen LogP contribution in [-0.2, 0) is 7.05 Å². The Bertz CT molecular complexity index is 667. The Hall–Kier alpha value is -2.30. The Morgan fingerprint density at radius 2 is 2.04 bits per heavy atom. The number of methoxy groups -OCH3 is 1. The molecule has 122 valence electrons. The molecule has 1 saturated carbocycles. The van der Waals surface area contributed by atoms with E-state index in [2.05, 4.69) is 10.4 Å². The summed E-state index contributed by atoms with van der Waals surface area (Å²) in [7, 11) is 3.46. The predicted molar refractivity (Wildman–Crippen MR) is 88.5 cm³/mol. The lowest BCUT2D eigenvalue weighted by Crippen LogP contribution is -2.37. The summed E-state index contributed by atoms with van der Waals surface area (Å²) >= 11 is 0. The van der Waals surface area contributed by atoms with Gasteiger partial charge in [-0.25, -0.2) is 0 Å². The molecule has 0 spiro atoms. The van der Waals surface area contributed by atoms with Crippen LogP contribution in [0.15, 0.2) is 30.5 Å². The Morgan fingerprint density at radius 1 is 1.35 bits per heavy atom. The fraction of sp³-hybridized carbons (Fsp3) is 0.444. The first-order chi connectivity index (χ1) is 11.1. The van der Waals surface area contributed by atoms with Crippen LogP contribution in [0.3, 0.4) is 0 Å². The van der Waals surface area contributed by atoms with Crippen LogP contribution in [0.4, 0.5) is 0 Å². The second-order valence-corrected chi connectivity index (χ2v) is 6.22. The number of carbonyl (C=O) groups is 1. The zero-order chi connectivity index (χ0) is 16.4. The SMILES string of the molecule is COc1ccc(C(NC(=O)c2c(C)cnn2C)C2CCC2)cc1. The second kappa shape index (κ2) is 6.44. The van der Waals surface area contributed by atoms with Gasteiger partial charge < -0.3 is 10.1 Å². The van der Waals surface area contributed by atoms with Crippen molar-refractivity contribution in [1.29, 1.82) is 0 Å². The maximum atomic E-state index is 12.7. The molecule has 3 rings (SSSR count). The Kier molecular flexibility index (Phi) is 4.37. The largest absolute Gasteiger partial charge is 0.497 e. The Morgan fingerprint density at radius 3 is 2.52 bits per heavy atom. The van der Waals surface area contributed by atoms with Crippen LogP contribution in [0, 0.1) is 12.8 Å². The Balaban J connectivity index is 1.83. The highest BCUT2D eigenvalue weighted by Crippen LogP contribution is 2.38. The molecule has 5 heteroatoms. The normalized spacial score (nSPS) is 15.8. The number of nitrogens with zero attached hydrogens (tertiary/aromatic N) is 2. The molecule has 1 N–H and O–H groups in total. The van der Waals surface area contributed by atoms with Crippen LogP contribution < -0.4 is 10.1 Å². The fourth-order valence-corrected chi connectivity index (χ4v) is 3.14. The first kappa shape index (κ1) is 15.6. The molecule has 1 amide bonds. The van der Waals surface area contributed by atoms with Gasteiger partial charge in [0.1, 0.15) is 11.4 Å². The lowest BCUT2D eigenvalue weighted by Gasteiger charge is -2.34. The minimum absolute atomic E-state index is 0.0384. The quantitative estimate of drug-likeness (QED) is 0.923. The molecule has 1 fully saturated rings. The van der Waals surface area contributed by atoms with E-state index in [9.17, 15) is 4.79 Å². The zero-order valence-corrected chi connectivity index (χ0v) is 13.9. The third-order valence-electron chi connectivity index (χ3n) is 4.72. The number of amides is 1. The third-order valence-corrected chi connectivity index (χ3v) is 4.72. The molecule has 0 radical (unpaired) electrons. The lowest BCUT2D eigenvalue weighted by atomic mass is 9.77. The molecule has 23 heavy (non-hydrogen) atoms. The highest BCUT2D eigenvalue weighted by atomic mass is 16.5. The molecule has 5 nitrogen and oxygen atoms in total. The molecular weight excluding hydrogens is 290 g/mol. The molecule has 1 aromatic heterocycles. The number of hydrogen-bond donors (Lipinski definition) is 1. The van der Waals surface area contributed by atoms with Gasteiger partial charge in [0, 0.05) is 7.05 Å². The number of ether oxygens (including phenoxy) is 1. The van der Waals surface area contributed by atoms with Gasteiger partial charge in [-0.15, -0.1) is 0 Å². The van der Waals surface area contributed by atoms with Crippen molar-refractivity contribution in [2.24, 2.45) is 13.0 Å². The summed E-state index contributed by atoms with van der Waals surface area (Å²) in [5.74, 6) is 1.27. The van der Waals surface area contributed by atoms with E-state index in [-0.39, 0.29) is 11.9 Å². The van der Waals surface area contributed by atoms with Gasteiger partial charge >= 0.3 is 0 Å². The van der Waals surface area contributed by atoms with E-state index in [1.54, 1.807) is 25.0 Å². The smallest absolute Gasteiger partial charge is 0.270 e. The van der Waals surface area contributed by atoms with Crippen molar-refractivity contribution in [3.63, 3.8) is 0 Å². The van der Waals surface area contributed by atoms with Gasteiger partial charge in [0.15, 0.2) is 0 Å². The average Bonchev–Trinajstić information content (AvgIpc) is 2.84. The number of rotatable bonds is 5. The molecule has 1 aliphatic rings. The van der Waals surface area contributed by atoms with E-state index in [4.69, 9.17) is 4.74 Å². The van der Waals surface area contributed by atoms with Crippen LogP contribution in [0.25, 0.3) is 0 Å². The molecule has 1 atom stereocenters. The first-order valence-corrected chi connectivity index (χ1v) is 8.03. The highest BCUT2D eigenvalue weighted by molar-refractivity contribution is 5.94. The van der Waals surface area contributed by atoms with Crippen molar-refractivity contribution in [2.45, 2.75) is 32.2 Å². The molecule has 1 aromatic carbocycles. The summed E-state index contributed by atoms with van der Waals surface area (Å²) in [4.78, 5) is 12.7. The number of nitrogens with one attached hydrogen (secondary N) is 1. The van der Waals surface area contributed by atoms with Gasteiger partial charge in [-0.3, -0.25) is 9.48 Å². The van der Waals surface area contributed by atoms with Gasteiger partial charge in [-0.05, 0) is 48.9 Å². The van der Waals surface area contributed by atoms with Gasteiger partial charge in [0.25, 0.3) is 5.91 Å². The van der Waals surface area contributed by atoms with Gasteiger partial charge in [-0.2, -0.15) is 5.10 Å². The monoisotopic (exact) mass is 313 g/mol. The van der Waals surface area contributed by atoms with Gasteiger partial charge in [0.2, 0.25) is 0 Å². The standard InChI is InChI=1S/C18H23N3O2/c1-12-11-19-21(2)17(12)18(22)20-16(13-5-4-6-13)14-7-9-15(23-3)10-8-14/h7-11,13,16H,4-6H2,1-3H3,(H,20,22). The summed E-state index contributed by atoms with van der Waals surface area (Å²) < 4.78 is 6.86. The molecule has 2 aromatic rings. The minimum Gasteiger partial charge on any atom is -0.497 e. The number of benzene rings is 1. The summed E-state index contributed by atoms with van der Waals surface area (Å²) in [5.41, 5.74) is 2.65.